The molecule has 1 aromatic rings. The van der Waals surface area contributed by atoms with Crippen LogP contribution in [-0.4, -0.2) is 5.84 Å². The number of hydrogen-bond acceptors (Lipinski definition) is 1. The SMILES string of the molecule is N[NH+]=C(N)c1ccccc1. The monoisotopic (exact) mass is 136 g/mol. The van der Waals surface area contributed by atoms with E-state index in [4.69, 9.17) is 11.6 Å². The molecule has 0 aliphatic carbocycles. The van der Waals surface area contributed by atoms with E-state index in [1.807, 2.05) is 30.3 Å². The van der Waals surface area contributed by atoms with Crippen LogP contribution in [0.5, 0.6) is 0 Å². The number of nitrogens with one attached hydrogen (secondary N) is 1. The number of nitrogen functional groups attached to an aromatic ring is 1. The van der Waals surface area contributed by atoms with Gasteiger partial charge in [0.1, 0.15) is 0 Å². The van der Waals surface area contributed by atoms with Crippen LogP contribution in [0.15, 0.2) is 30.3 Å². The van der Waals surface area contributed by atoms with Crippen molar-refractivity contribution in [1.29, 1.82) is 0 Å². The Morgan fingerprint density at radius 1 is 1.20 bits per heavy atom. The minimum Gasteiger partial charge on any atom is -0.285 e. The largest absolute Gasteiger partial charge is 0.295 e. The summed E-state index contributed by atoms with van der Waals surface area (Å²) in [7, 11) is 0. The van der Waals surface area contributed by atoms with Crippen molar-refractivity contribution >= 4 is 5.84 Å². The summed E-state index contributed by atoms with van der Waals surface area (Å²) >= 11 is 0. The Morgan fingerprint density at radius 3 is 2.30 bits per heavy atom. The lowest BCUT2D eigenvalue weighted by molar-refractivity contribution is -0.469. The summed E-state index contributed by atoms with van der Waals surface area (Å²) < 4.78 is 0. The van der Waals surface area contributed by atoms with Crippen LogP contribution in [0, 0.1) is 0 Å². The Bertz CT molecular complexity index is 228. The molecular weight excluding hydrogens is 126 g/mol. The van der Waals surface area contributed by atoms with Gasteiger partial charge in [-0.25, -0.2) is 0 Å². The smallest absolute Gasteiger partial charge is 0.285 e. The second-order valence-electron chi connectivity index (χ2n) is 1.92. The fraction of sp³-hybridized carbons (Fsp3) is 0. The molecule has 0 amide bonds. The summed E-state index contributed by atoms with van der Waals surface area (Å²) in [6.07, 6.45) is 0. The molecule has 0 radical (unpaired) electrons. The highest BCUT2D eigenvalue weighted by Gasteiger charge is 1.98. The molecule has 3 nitrogen and oxygen atoms in total. The van der Waals surface area contributed by atoms with E-state index in [9.17, 15) is 0 Å². The predicted molar refractivity (Wildman–Crippen MR) is 39.9 cm³/mol. The second-order valence-corrected chi connectivity index (χ2v) is 1.92. The fourth-order valence-electron chi connectivity index (χ4n) is 0.701. The van der Waals surface area contributed by atoms with Gasteiger partial charge in [-0.15, -0.1) is 0 Å². The van der Waals surface area contributed by atoms with Gasteiger partial charge < -0.3 is 0 Å². The first-order valence-corrected chi connectivity index (χ1v) is 2.99. The first-order valence-electron chi connectivity index (χ1n) is 2.99. The highest BCUT2D eigenvalue weighted by Crippen LogP contribution is 1.93. The average molecular weight is 136 g/mol. The van der Waals surface area contributed by atoms with Gasteiger partial charge in [-0.2, -0.15) is 5.10 Å². The maximum absolute atomic E-state index is 5.47. The first-order chi connectivity index (χ1) is 4.84. The molecule has 0 saturated carbocycles. The number of amidine groups is 1. The molecule has 0 aliphatic rings. The van der Waals surface area contributed by atoms with Crippen molar-refractivity contribution in [3.8, 4) is 0 Å². The van der Waals surface area contributed by atoms with Gasteiger partial charge in [-0.3, -0.25) is 11.6 Å². The Labute approximate surface area is 59.3 Å². The van der Waals surface area contributed by atoms with E-state index >= 15 is 0 Å². The normalized spacial score (nSPS) is 11.4. The minimum absolute atomic E-state index is 0.487. The molecule has 0 aliphatic heterocycles. The van der Waals surface area contributed by atoms with Crippen molar-refractivity contribution in [2.75, 3.05) is 0 Å². The Morgan fingerprint density at radius 2 is 1.80 bits per heavy atom. The maximum Gasteiger partial charge on any atom is 0.295 e. The number of hydrogen-bond donors (Lipinski definition) is 3. The Balaban J connectivity index is 2.96. The standard InChI is InChI=1S/C7H9N3/c8-7(10-9)6-4-2-1-3-5-6/h1-5H,9H2,(H2,8,10)/p+1. The molecule has 0 heterocycles. The zero-order valence-electron chi connectivity index (χ0n) is 5.54. The van der Waals surface area contributed by atoms with Gasteiger partial charge in [0.05, 0.1) is 5.56 Å². The number of benzene rings is 1. The van der Waals surface area contributed by atoms with Gasteiger partial charge in [0.25, 0.3) is 5.84 Å². The molecule has 0 atom stereocenters. The van der Waals surface area contributed by atoms with Crippen molar-refractivity contribution in [2.45, 2.75) is 0 Å². The summed E-state index contributed by atoms with van der Waals surface area (Å²) in [5.74, 6) is 5.58. The number of hydrazine groups is 1. The maximum atomic E-state index is 5.47. The van der Waals surface area contributed by atoms with Crippen molar-refractivity contribution in [2.24, 2.45) is 11.6 Å². The average Bonchev–Trinajstić information content (AvgIpc) is 2.05. The molecule has 10 heavy (non-hydrogen) atoms. The van der Waals surface area contributed by atoms with Crippen LogP contribution in [0.1, 0.15) is 5.56 Å². The van der Waals surface area contributed by atoms with Gasteiger partial charge in [-0.1, -0.05) is 18.2 Å². The van der Waals surface area contributed by atoms with Crippen molar-refractivity contribution in [3.63, 3.8) is 0 Å². The van der Waals surface area contributed by atoms with Crippen LogP contribution < -0.4 is 16.7 Å². The molecule has 0 saturated heterocycles. The molecular formula is C7H10N3+. The third-order valence-electron chi connectivity index (χ3n) is 1.24. The van der Waals surface area contributed by atoms with Gasteiger partial charge in [-0.05, 0) is 12.1 Å². The van der Waals surface area contributed by atoms with Gasteiger partial charge in [0, 0.05) is 0 Å². The fourth-order valence-corrected chi connectivity index (χ4v) is 0.701. The Kier molecular flexibility index (Phi) is 1.89. The van der Waals surface area contributed by atoms with E-state index in [0.717, 1.165) is 5.56 Å². The molecule has 52 valence electrons. The lowest BCUT2D eigenvalue weighted by Crippen LogP contribution is -2.82. The van der Waals surface area contributed by atoms with Crippen LogP contribution in [-0.2, 0) is 0 Å². The molecule has 5 N–H and O–H groups in total. The summed E-state index contributed by atoms with van der Waals surface area (Å²) in [4.78, 5) is 0. The third-order valence-corrected chi connectivity index (χ3v) is 1.24. The zero-order chi connectivity index (χ0) is 7.40. The van der Waals surface area contributed by atoms with Crippen LogP contribution in [0.3, 0.4) is 0 Å². The molecule has 0 aromatic heterocycles. The highest BCUT2D eigenvalue weighted by molar-refractivity contribution is 5.92. The quantitative estimate of drug-likeness (QED) is 0.187. The van der Waals surface area contributed by atoms with Gasteiger partial charge in [0.2, 0.25) is 0 Å². The van der Waals surface area contributed by atoms with Crippen molar-refractivity contribution in [1.82, 2.24) is 0 Å². The van der Waals surface area contributed by atoms with Crippen molar-refractivity contribution < 1.29 is 5.10 Å². The molecule has 1 rings (SSSR count). The van der Waals surface area contributed by atoms with Crippen LogP contribution in [0.25, 0.3) is 0 Å². The van der Waals surface area contributed by atoms with Crippen LogP contribution in [0.2, 0.25) is 0 Å². The third kappa shape index (κ3) is 1.25. The molecule has 0 spiro atoms. The number of nitrogens with two attached hydrogens (primary N) is 2. The first kappa shape index (κ1) is 6.61. The lowest BCUT2D eigenvalue weighted by atomic mass is 10.2. The molecule has 0 unspecified atom stereocenters. The van der Waals surface area contributed by atoms with E-state index in [-0.39, 0.29) is 0 Å². The predicted octanol–water partition coefficient (Wildman–Crippen LogP) is -1.65. The summed E-state index contributed by atoms with van der Waals surface area (Å²) in [5.41, 5.74) is 6.38. The summed E-state index contributed by atoms with van der Waals surface area (Å²) in [6, 6.07) is 9.50. The number of hydrazone groups is 1. The van der Waals surface area contributed by atoms with E-state index in [1.165, 1.54) is 0 Å². The van der Waals surface area contributed by atoms with Gasteiger partial charge in [0.15, 0.2) is 0 Å². The van der Waals surface area contributed by atoms with Crippen molar-refractivity contribution in [3.05, 3.63) is 35.9 Å². The van der Waals surface area contributed by atoms with E-state index < -0.39 is 0 Å². The lowest BCUT2D eigenvalue weighted by Gasteiger charge is -1.90. The Hall–Kier alpha value is -1.51. The minimum atomic E-state index is 0.487. The van der Waals surface area contributed by atoms with E-state index in [2.05, 4.69) is 5.10 Å². The topological polar surface area (TPSA) is 66.0 Å². The highest BCUT2D eigenvalue weighted by atomic mass is 15.1. The van der Waals surface area contributed by atoms with Crippen LogP contribution >= 0.6 is 0 Å². The zero-order valence-corrected chi connectivity index (χ0v) is 5.54. The summed E-state index contributed by atoms with van der Waals surface area (Å²) in [6.45, 7) is 0. The molecule has 0 bridgehead atoms. The molecule has 1 aromatic carbocycles. The molecule has 3 heteroatoms. The van der Waals surface area contributed by atoms with E-state index in [0.29, 0.717) is 5.84 Å². The molecule has 0 fully saturated rings. The number of rotatable bonds is 1. The summed E-state index contributed by atoms with van der Waals surface area (Å²) in [5, 5.41) is 2.38. The van der Waals surface area contributed by atoms with Crippen LogP contribution in [0.4, 0.5) is 0 Å². The van der Waals surface area contributed by atoms with E-state index in [1.54, 1.807) is 0 Å². The van der Waals surface area contributed by atoms with Gasteiger partial charge >= 0.3 is 0 Å². The second kappa shape index (κ2) is 2.87.